The molecule has 0 saturated carbocycles. The van der Waals surface area contributed by atoms with E-state index in [1.54, 1.807) is 24.5 Å². The second-order valence-electron chi connectivity index (χ2n) is 5.82. The van der Waals surface area contributed by atoms with Crippen molar-refractivity contribution in [3.63, 3.8) is 0 Å². The Kier molecular flexibility index (Phi) is 4.46. The minimum absolute atomic E-state index is 0.0237. The van der Waals surface area contributed by atoms with E-state index in [-0.39, 0.29) is 6.04 Å². The Hall–Kier alpha value is -1.44. The van der Waals surface area contributed by atoms with Gasteiger partial charge in [0.05, 0.1) is 22.3 Å². The van der Waals surface area contributed by atoms with Crippen LogP contribution in [0.1, 0.15) is 26.2 Å². The summed E-state index contributed by atoms with van der Waals surface area (Å²) < 4.78 is 27.9. The number of aromatic amines is 1. The molecule has 7 heteroatoms. The molecule has 1 aromatic heterocycles. The summed E-state index contributed by atoms with van der Waals surface area (Å²) in [4.78, 5) is 9.73. The number of H-pyrrole nitrogens is 1. The molecule has 0 atom stereocenters. The van der Waals surface area contributed by atoms with Crippen LogP contribution in [0.5, 0.6) is 0 Å². The number of hydrogen-bond acceptors (Lipinski definition) is 4. The Labute approximate surface area is 131 Å². The number of sulfonamides is 1. The van der Waals surface area contributed by atoms with Crippen molar-refractivity contribution in [2.75, 3.05) is 19.6 Å². The first-order valence-corrected chi connectivity index (χ1v) is 9.24. The topological polar surface area (TPSA) is 78.1 Å². The van der Waals surface area contributed by atoms with E-state index in [1.807, 2.05) is 0 Å². The molecule has 3 rings (SSSR count). The molecule has 6 nitrogen and oxygen atoms in total. The van der Waals surface area contributed by atoms with E-state index in [1.165, 1.54) is 0 Å². The number of nitrogens with one attached hydrogen (secondary N) is 2. The zero-order valence-electron chi connectivity index (χ0n) is 12.7. The van der Waals surface area contributed by atoms with E-state index in [4.69, 9.17) is 0 Å². The molecule has 22 heavy (non-hydrogen) atoms. The maximum atomic E-state index is 12.5. The normalized spacial score (nSPS) is 18.0. The maximum absolute atomic E-state index is 12.5. The second kappa shape index (κ2) is 6.36. The molecule has 0 amide bonds. The van der Waals surface area contributed by atoms with E-state index in [0.717, 1.165) is 49.9 Å². The number of hydrogen-bond donors (Lipinski definition) is 2. The highest BCUT2D eigenvalue weighted by atomic mass is 32.2. The van der Waals surface area contributed by atoms with Crippen molar-refractivity contribution >= 4 is 21.1 Å². The molecule has 0 bridgehead atoms. The van der Waals surface area contributed by atoms with Crippen molar-refractivity contribution in [3.8, 4) is 0 Å². The lowest BCUT2D eigenvalue weighted by molar-refractivity contribution is 0.208. The van der Waals surface area contributed by atoms with E-state index in [2.05, 4.69) is 26.5 Å². The summed E-state index contributed by atoms with van der Waals surface area (Å²) in [5.74, 6) is 0. The molecule has 0 aliphatic carbocycles. The molecule has 2 aromatic rings. The number of benzene rings is 1. The molecule has 120 valence electrons. The van der Waals surface area contributed by atoms with Gasteiger partial charge in [0.1, 0.15) is 0 Å². The SMILES string of the molecule is CCCN1CCC(NS(=O)(=O)c2ccc3nc[nH]c3c2)CC1. The van der Waals surface area contributed by atoms with Gasteiger partial charge in [-0.15, -0.1) is 0 Å². The maximum Gasteiger partial charge on any atom is 0.240 e. The number of fused-ring (bicyclic) bond motifs is 1. The fourth-order valence-electron chi connectivity index (χ4n) is 2.96. The molecule has 0 spiro atoms. The number of aromatic nitrogens is 2. The zero-order chi connectivity index (χ0) is 15.6. The molecule has 2 N–H and O–H groups in total. The minimum atomic E-state index is -3.48. The van der Waals surface area contributed by atoms with Crippen molar-refractivity contribution in [3.05, 3.63) is 24.5 Å². The Balaban J connectivity index is 1.68. The molecule has 1 aromatic carbocycles. The Morgan fingerprint density at radius 3 is 2.86 bits per heavy atom. The van der Waals surface area contributed by atoms with Crippen LogP contribution in [-0.2, 0) is 10.0 Å². The van der Waals surface area contributed by atoms with Gasteiger partial charge in [0.25, 0.3) is 0 Å². The highest BCUT2D eigenvalue weighted by Crippen LogP contribution is 2.18. The van der Waals surface area contributed by atoms with Gasteiger partial charge < -0.3 is 9.88 Å². The molecular weight excluding hydrogens is 300 g/mol. The average molecular weight is 322 g/mol. The van der Waals surface area contributed by atoms with Crippen molar-refractivity contribution < 1.29 is 8.42 Å². The molecule has 0 radical (unpaired) electrons. The first kappa shape index (κ1) is 15.5. The fourth-order valence-corrected chi connectivity index (χ4v) is 4.29. The fraction of sp³-hybridized carbons (Fsp3) is 0.533. The van der Waals surface area contributed by atoms with Gasteiger partial charge in [0.15, 0.2) is 0 Å². The summed E-state index contributed by atoms with van der Waals surface area (Å²) in [7, 11) is -3.48. The predicted molar refractivity (Wildman–Crippen MR) is 86.2 cm³/mol. The van der Waals surface area contributed by atoms with Gasteiger partial charge in [0, 0.05) is 6.04 Å². The lowest BCUT2D eigenvalue weighted by atomic mass is 10.1. The predicted octanol–water partition coefficient (Wildman–Crippen LogP) is 1.72. The van der Waals surface area contributed by atoms with Crippen LogP contribution in [0.15, 0.2) is 29.4 Å². The number of nitrogens with zero attached hydrogens (tertiary/aromatic N) is 2. The quantitative estimate of drug-likeness (QED) is 0.878. The van der Waals surface area contributed by atoms with Gasteiger partial charge in [-0.1, -0.05) is 6.92 Å². The van der Waals surface area contributed by atoms with Crippen LogP contribution in [-0.4, -0.2) is 49.0 Å². The van der Waals surface area contributed by atoms with Crippen LogP contribution in [0.3, 0.4) is 0 Å². The molecule has 1 aliphatic heterocycles. The Morgan fingerprint density at radius 2 is 2.14 bits per heavy atom. The van der Waals surface area contributed by atoms with Gasteiger partial charge in [0.2, 0.25) is 10.0 Å². The second-order valence-corrected chi connectivity index (χ2v) is 7.53. The van der Waals surface area contributed by atoms with Crippen molar-refractivity contribution in [2.45, 2.75) is 37.1 Å². The molecule has 1 saturated heterocycles. The van der Waals surface area contributed by atoms with Crippen LogP contribution in [0, 0.1) is 0 Å². The van der Waals surface area contributed by atoms with Crippen LogP contribution in [0.4, 0.5) is 0 Å². The van der Waals surface area contributed by atoms with Crippen molar-refractivity contribution in [2.24, 2.45) is 0 Å². The number of rotatable bonds is 5. The number of imidazole rings is 1. The third-order valence-corrected chi connectivity index (χ3v) is 5.67. The minimum Gasteiger partial charge on any atom is -0.345 e. The average Bonchev–Trinajstić information content (AvgIpc) is 2.97. The molecule has 0 unspecified atom stereocenters. The standard InChI is InChI=1S/C15H22N4O2S/c1-2-7-19-8-5-12(6-9-19)18-22(20,21)13-3-4-14-15(10-13)17-11-16-14/h3-4,10-12,18H,2,5-9H2,1H3,(H,16,17). The lowest BCUT2D eigenvalue weighted by Crippen LogP contribution is -2.44. The van der Waals surface area contributed by atoms with Gasteiger partial charge in [-0.05, 0) is 57.1 Å². The highest BCUT2D eigenvalue weighted by molar-refractivity contribution is 7.89. The third-order valence-electron chi connectivity index (χ3n) is 4.15. The summed E-state index contributed by atoms with van der Waals surface area (Å²) in [6.45, 7) is 5.18. The van der Waals surface area contributed by atoms with Gasteiger partial charge in [-0.2, -0.15) is 0 Å². The van der Waals surface area contributed by atoms with Crippen molar-refractivity contribution in [1.82, 2.24) is 19.6 Å². The first-order valence-electron chi connectivity index (χ1n) is 7.76. The number of likely N-dealkylation sites (tertiary alicyclic amines) is 1. The molecule has 2 heterocycles. The van der Waals surface area contributed by atoms with E-state index >= 15 is 0 Å². The van der Waals surface area contributed by atoms with Crippen LogP contribution in [0.2, 0.25) is 0 Å². The Morgan fingerprint density at radius 1 is 1.36 bits per heavy atom. The number of piperidine rings is 1. The van der Waals surface area contributed by atoms with E-state index < -0.39 is 10.0 Å². The van der Waals surface area contributed by atoms with Gasteiger partial charge >= 0.3 is 0 Å². The van der Waals surface area contributed by atoms with Gasteiger partial charge in [-0.3, -0.25) is 0 Å². The third kappa shape index (κ3) is 3.31. The first-order chi connectivity index (χ1) is 10.6. The van der Waals surface area contributed by atoms with E-state index in [9.17, 15) is 8.42 Å². The van der Waals surface area contributed by atoms with E-state index in [0.29, 0.717) is 4.90 Å². The van der Waals surface area contributed by atoms with Gasteiger partial charge in [-0.25, -0.2) is 18.1 Å². The van der Waals surface area contributed by atoms with Crippen LogP contribution < -0.4 is 4.72 Å². The Bertz CT molecular complexity index is 733. The highest BCUT2D eigenvalue weighted by Gasteiger charge is 2.24. The molecule has 1 fully saturated rings. The molecular formula is C15H22N4O2S. The molecule has 1 aliphatic rings. The summed E-state index contributed by atoms with van der Waals surface area (Å²) in [5.41, 5.74) is 1.51. The summed E-state index contributed by atoms with van der Waals surface area (Å²) in [5, 5.41) is 0. The van der Waals surface area contributed by atoms with Crippen LogP contribution in [0.25, 0.3) is 11.0 Å². The van der Waals surface area contributed by atoms with Crippen LogP contribution >= 0.6 is 0 Å². The smallest absolute Gasteiger partial charge is 0.240 e. The lowest BCUT2D eigenvalue weighted by Gasteiger charge is -2.31. The summed E-state index contributed by atoms with van der Waals surface area (Å²) in [6.07, 6.45) is 4.44. The zero-order valence-corrected chi connectivity index (χ0v) is 13.6. The largest absolute Gasteiger partial charge is 0.345 e. The summed E-state index contributed by atoms with van der Waals surface area (Å²) >= 11 is 0. The van der Waals surface area contributed by atoms with Crippen molar-refractivity contribution in [1.29, 1.82) is 0 Å². The summed E-state index contributed by atoms with van der Waals surface area (Å²) in [6, 6.07) is 4.99. The monoisotopic (exact) mass is 322 g/mol.